The van der Waals surface area contributed by atoms with E-state index in [-0.39, 0.29) is 6.10 Å². The van der Waals surface area contributed by atoms with Crippen molar-refractivity contribution in [2.45, 2.75) is 51.2 Å². The molecule has 1 atom stereocenters. The molecule has 7 rings (SSSR count). The van der Waals surface area contributed by atoms with Crippen molar-refractivity contribution < 1.29 is 9.84 Å². The maximum absolute atomic E-state index is 10.3. The molecule has 1 saturated carbocycles. The molecule has 0 radical (unpaired) electrons. The summed E-state index contributed by atoms with van der Waals surface area (Å²) in [4.78, 5) is 14.7. The van der Waals surface area contributed by atoms with Gasteiger partial charge >= 0.3 is 0 Å². The summed E-state index contributed by atoms with van der Waals surface area (Å²) in [5.41, 5.74) is 4.60. The Labute approximate surface area is 221 Å². The minimum Gasteiger partial charge on any atom is -0.486 e. The fraction of sp³-hybridized carbons (Fsp3) is 0.367. The number of ether oxygens (including phenoxy) is 1. The fourth-order valence-corrected chi connectivity index (χ4v) is 6.16. The van der Waals surface area contributed by atoms with Gasteiger partial charge in [-0.2, -0.15) is 5.10 Å². The van der Waals surface area contributed by atoms with E-state index < -0.39 is 5.60 Å². The van der Waals surface area contributed by atoms with Crippen molar-refractivity contribution >= 4 is 27.8 Å². The molecular formula is C30H32N6O2. The normalized spacial score (nSPS) is 19.1. The largest absolute Gasteiger partial charge is 0.486 e. The third kappa shape index (κ3) is 4.00. The van der Waals surface area contributed by atoms with Crippen LogP contribution in [0.3, 0.4) is 0 Å². The SMILES string of the molecule is CC(Oc1ccc2[nH]nc(-c3ccc(N4CC5(CCC(C)(O)CC5)C4)nc3)c2c1)c1ccnc2[nH]ccc12. The maximum atomic E-state index is 10.3. The van der Waals surface area contributed by atoms with E-state index in [1.54, 1.807) is 0 Å². The van der Waals surface area contributed by atoms with E-state index in [1.165, 1.54) is 0 Å². The number of H-pyrrole nitrogens is 2. The summed E-state index contributed by atoms with van der Waals surface area (Å²) in [5.74, 6) is 1.79. The zero-order valence-electron chi connectivity index (χ0n) is 21.7. The van der Waals surface area contributed by atoms with Gasteiger partial charge in [-0.25, -0.2) is 9.97 Å². The molecule has 38 heavy (non-hydrogen) atoms. The quantitative estimate of drug-likeness (QED) is 0.278. The summed E-state index contributed by atoms with van der Waals surface area (Å²) in [6.07, 6.45) is 9.45. The first-order valence-corrected chi connectivity index (χ1v) is 13.4. The van der Waals surface area contributed by atoms with Crippen LogP contribution in [0.5, 0.6) is 5.75 Å². The summed E-state index contributed by atoms with van der Waals surface area (Å²) < 4.78 is 6.37. The van der Waals surface area contributed by atoms with Gasteiger partial charge in [0.15, 0.2) is 0 Å². The van der Waals surface area contributed by atoms with E-state index in [2.05, 4.69) is 44.1 Å². The van der Waals surface area contributed by atoms with Crippen LogP contribution >= 0.6 is 0 Å². The smallest absolute Gasteiger partial charge is 0.137 e. The summed E-state index contributed by atoms with van der Waals surface area (Å²) in [6.45, 7) is 6.06. The van der Waals surface area contributed by atoms with Gasteiger partial charge in [0.05, 0.1) is 11.1 Å². The maximum Gasteiger partial charge on any atom is 0.137 e. The minimum absolute atomic E-state index is 0.139. The van der Waals surface area contributed by atoms with Gasteiger partial charge in [-0.15, -0.1) is 0 Å². The Balaban J connectivity index is 1.08. The monoisotopic (exact) mass is 508 g/mol. The summed E-state index contributed by atoms with van der Waals surface area (Å²) in [5, 5.41) is 20.1. The molecule has 0 bridgehead atoms. The lowest BCUT2D eigenvalue weighted by Gasteiger charge is -2.55. The zero-order chi connectivity index (χ0) is 25.9. The Hall–Kier alpha value is -3.91. The predicted molar refractivity (Wildman–Crippen MR) is 148 cm³/mol. The Morgan fingerprint density at radius 1 is 1.00 bits per heavy atom. The number of pyridine rings is 2. The first kappa shape index (κ1) is 23.2. The van der Waals surface area contributed by atoms with E-state index in [0.29, 0.717) is 5.41 Å². The van der Waals surface area contributed by atoms with Crippen LogP contribution in [-0.4, -0.2) is 48.9 Å². The highest BCUT2D eigenvalue weighted by atomic mass is 16.5. The second kappa shape index (κ2) is 8.56. The number of hydrogen-bond acceptors (Lipinski definition) is 6. The molecule has 1 aliphatic carbocycles. The van der Waals surface area contributed by atoms with E-state index >= 15 is 0 Å². The molecular weight excluding hydrogens is 476 g/mol. The second-order valence-electron chi connectivity index (χ2n) is 11.4. The van der Waals surface area contributed by atoms with Crippen LogP contribution in [-0.2, 0) is 0 Å². The van der Waals surface area contributed by atoms with Gasteiger partial charge in [0.25, 0.3) is 0 Å². The Morgan fingerprint density at radius 3 is 2.63 bits per heavy atom. The zero-order valence-corrected chi connectivity index (χ0v) is 21.7. The molecule has 1 aliphatic heterocycles. The minimum atomic E-state index is -0.491. The summed E-state index contributed by atoms with van der Waals surface area (Å²) >= 11 is 0. The lowest BCUT2D eigenvalue weighted by atomic mass is 9.65. The van der Waals surface area contributed by atoms with Crippen LogP contribution in [0.15, 0.2) is 61.1 Å². The Kier molecular flexibility index (Phi) is 5.23. The van der Waals surface area contributed by atoms with Crippen molar-refractivity contribution in [2.75, 3.05) is 18.0 Å². The average molecular weight is 509 g/mol. The second-order valence-corrected chi connectivity index (χ2v) is 11.4. The molecule has 8 nitrogen and oxygen atoms in total. The molecule has 1 saturated heterocycles. The Bertz CT molecular complexity index is 1600. The molecule has 1 spiro atoms. The average Bonchev–Trinajstić information content (AvgIpc) is 3.55. The molecule has 194 valence electrons. The third-order valence-corrected chi connectivity index (χ3v) is 8.56. The van der Waals surface area contributed by atoms with Crippen molar-refractivity contribution in [3.63, 3.8) is 0 Å². The third-order valence-electron chi connectivity index (χ3n) is 8.56. The van der Waals surface area contributed by atoms with Crippen molar-refractivity contribution in [1.29, 1.82) is 0 Å². The number of anilines is 1. The molecule has 2 fully saturated rings. The number of aromatic nitrogens is 5. The molecule has 2 aliphatic rings. The van der Waals surface area contributed by atoms with Gasteiger partial charge in [-0.05, 0) is 82.0 Å². The highest BCUT2D eigenvalue weighted by molar-refractivity contribution is 5.93. The highest BCUT2D eigenvalue weighted by Gasteiger charge is 2.47. The number of aliphatic hydroxyl groups is 1. The van der Waals surface area contributed by atoms with Crippen molar-refractivity contribution in [1.82, 2.24) is 25.1 Å². The van der Waals surface area contributed by atoms with E-state index in [4.69, 9.17) is 9.72 Å². The van der Waals surface area contributed by atoms with Gasteiger partial charge in [0.1, 0.15) is 29.0 Å². The van der Waals surface area contributed by atoms with E-state index in [0.717, 1.165) is 89.1 Å². The first-order valence-electron chi connectivity index (χ1n) is 13.4. The highest BCUT2D eigenvalue weighted by Crippen LogP contribution is 2.47. The van der Waals surface area contributed by atoms with Crippen molar-refractivity contribution in [3.05, 3.63) is 66.6 Å². The standard InChI is InChI=1S/C30H32N6O2/c1-19(22-7-13-31-28-23(22)8-14-32-28)38-21-4-5-25-24(15-21)27(35-34-25)20-3-6-26(33-16-20)36-17-30(18-36)11-9-29(2,37)10-12-30/h3-8,13-16,19,37H,9-12,17-18H2,1-2H3,(H,31,32)(H,34,35). The lowest BCUT2D eigenvalue weighted by molar-refractivity contribution is -0.0282. The molecule has 1 aromatic carbocycles. The van der Waals surface area contributed by atoms with Crippen LogP contribution in [0.2, 0.25) is 0 Å². The molecule has 4 aromatic heterocycles. The van der Waals surface area contributed by atoms with Gasteiger partial charge in [-0.3, -0.25) is 5.10 Å². The number of rotatable bonds is 5. The fourth-order valence-electron chi connectivity index (χ4n) is 6.16. The van der Waals surface area contributed by atoms with Gasteiger partial charge < -0.3 is 19.7 Å². The van der Waals surface area contributed by atoms with Gasteiger partial charge in [-0.1, -0.05) is 0 Å². The molecule has 8 heteroatoms. The van der Waals surface area contributed by atoms with Crippen LogP contribution in [0.25, 0.3) is 33.2 Å². The molecule has 1 unspecified atom stereocenters. The summed E-state index contributed by atoms with van der Waals surface area (Å²) in [6, 6.07) is 14.3. The van der Waals surface area contributed by atoms with Crippen LogP contribution in [0, 0.1) is 5.41 Å². The van der Waals surface area contributed by atoms with Gasteiger partial charge in [0, 0.05) is 59.0 Å². The lowest BCUT2D eigenvalue weighted by Crippen LogP contribution is -2.59. The van der Waals surface area contributed by atoms with E-state index in [1.807, 2.05) is 55.8 Å². The number of aromatic amines is 2. The van der Waals surface area contributed by atoms with Crippen LogP contribution in [0.4, 0.5) is 5.82 Å². The Morgan fingerprint density at radius 2 is 1.84 bits per heavy atom. The predicted octanol–water partition coefficient (Wildman–Crippen LogP) is 5.77. The number of nitrogens with one attached hydrogen (secondary N) is 2. The summed E-state index contributed by atoms with van der Waals surface area (Å²) in [7, 11) is 0. The van der Waals surface area contributed by atoms with Gasteiger partial charge in [0.2, 0.25) is 0 Å². The molecule has 3 N–H and O–H groups in total. The number of fused-ring (bicyclic) bond motifs is 2. The first-order chi connectivity index (χ1) is 18.4. The molecule has 5 heterocycles. The molecule has 5 aromatic rings. The topological polar surface area (TPSA) is 103 Å². The van der Waals surface area contributed by atoms with Crippen molar-refractivity contribution in [2.24, 2.45) is 5.41 Å². The van der Waals surface area contributed by atoms with Crippen LogP contribution < -0.4 is 9.64 Å². The van der Waals surface area contributed by atoms with E-state index in [9.17, 15) is 5.11 Å². The number of nitrogens with zero attached hydrogens (tertiary/aromatic N) is 4. The number of benzene rings is 1. The van der Waals surface area contributed by atoms with Crippen molar-refractivity contribution in [3.8, 4) is 17.0 Å². The number of hydrogen-bond donors (Lipinski definition) is 3. The molecule has 0 amide bonds. The van der Waals surface area contributed by atoms with Crippen LogP contribution in [0.1, 0.15) is 51.2 Å².